The third-order valence-corrected chi connectivity index (χ3v) is 20.8. The number of amides is 3. The van der Waals surface area contributed by atoms with Crippen LogP contribution in [0.1, 0.15) is 199 Å². The van der Waals surface area contributed by atoms with Crippen molar-refractivity contribution in [3.05, 3.63) is 190 Å². The largest absolute Gasteiger partial charge is 0.503 e. The highest BCUT2D eigenvalue weighted by Gasteiger charge is 2.40. The zero-order valence-corrected chi connectivity index (χ0v) is 67.1. The van der Waals surface area contributed by atoms with E-state index in [2.05, 4.69) is 27.7 Å². The van der Waals surface area contributed by atoms with E-state index >= 15 is 0 Å². The smallest absolute Gasteiger partial charge is 0.359 e. The molecule has 3 fully saturated rings. The molecule has 3 heterocycles. The molecule has 0 bridgehead atoms. The molecule has 6 unspecified atom stereocenters. The van der Waals surface area contributed by atoms with Gasteiger partial charge in [-0.1, -0.05) is 129 Å². The van der Waals surface area contributed by atoms with Gasteiger partial charge in [0.05, 0.1) is 34.0 Å². The van der Waals surface area contributed by atoms with Crippen LogP contribution in [0.2, 0.25) is 0 Å². The van der Waals surface area contributed by atoms with Crippen LogP contribution in [-0.4, -0.2) is 168 Å². The summed E-state index contributed by atoms with van der Waals surface area (Å²) in [5, 5.41) is 30.7. The van der Waals surface area contributed by atoms with Crippen molar-refractivity contribution in [2.24, 2.45) is 35.5 Å². The molecular formula is C88H116N6O17. The number of aromatic hydroxyl groups is 2. The molecule has 11 rings (SSSR count). The first-order valence-corrected chi connectivity index (χ1v) is 37.9. The molecule has 8 aromatic rings. The molecule has 0 radical (unpaired) electrons. The predicted octanol–water partition coefficient (Wildman–Crippen LogP) is 16.3. The fraction of sp³-hybridized carbons (Fsp3) is 0.455. The van der Waals surface area contributed by atoms with E-state index in [-0.39, 0.29) is 104 Å². The average Bonchev–Trinajstić information content (AvgIpc) is 1.62. The lowest BCUT2D eigenvalue weighted by Crippen LogP contribution is -2.35. The van der Waals surface area contributed by atoms with Crippen molar-refractivity contribution >= 4 is 35.6 Å². The maximum atomic E-state index is 14.0. The summed E-state index contributed by atoms with van der Waals surface area (Å²) in [6, 6.07) is 40.3. The minimum atomic E-state index is -0.785. The molecule has 23 nitrogen and oxygen atoms in total. The molecule has 6 atom stereocenters. The molecule has 3 aliphatic rings. The number of hydrogen-bond acceptors (Lipinski definition) is 17. The van der Waals surface area contributed by atoms with E-state index in [9.17, 15) is 44.1 Å². The van der Waals surface area contributed by atoms with Crippen molar-refractivity contribution in [3.63, 3.8) is 0 Å². The maximum Gasteiger partial charge on any atom is 0.359 e. The van der Waals surface area contributed by atoms with Gasteiger partial charge in [0, 0.05) is 70.5 Å². The fourth-order valence-corrected chi connectivity index (χ4v) is 14.6. The van der Waals surface area contributed by atoms with E-state index in [4.69, 9.17) is 37.9 Å². The minimum absolute atomic E-state index is 0. The van der Waals surface area contributed by atoms with Crippen LogP contribution in [0.25, 0.3) is 17.1 Å². The van der Waals surface area contributed by atoms with Gasteiger partial charge in [-0.3, -0.25) is 28.1 Å². The number of benzene rings is 5. The Hall–Kier alpha value is -10.7. The summed E-state index contributed by atoms with van der Waals surface area (Å²) in [4.78, 5) is 84.1. The van der Waals surface area contributed by atoms with E-state index < -0.39 is 35.3 Å². The highest BCUT2D eigenvalue weighted by atomic mass is 16.6. The van der Waals surface area contributed by atoms with Crippen LogP contribution >= 0.6 is 0 Å². The number of carbonyl (C=O) groups excluding carboxylic acids is 6. The molecule has 0 spiro atoms. The summed E-state index contributed by atoms with van der Waals surface area (Å²) in [6.07, 6.45) is 9.32. The number of rotatable bonds is 21. The number of aliphatic hydroxyl groups excluding tert-OH is 1. The van der Waals surface area contributed by atoms with Crippen molar-refractivity contribution in [1.29, 1.82) is 0 Å². The third kappa shape index (κ3) is 20.9. The topological polar surface area (TPSA) is 261 Å². The van der Waals surface area contributed by atoms with Crippen LogP contribution in [0.3, 0.4) is 0 Å². The van der Waals surface area contributed by atoms with E-state index in [1.54, 1.807) is 126 Å². The molecular weight excluding hydrogens is 1410 g/mol. The van der Waals surface area contributed by atoms with Gasteiger partial charge in [0.15, 0.2) is 45.8 Å². The first-order chi connectivity index (χ1) is 52.5. The second-order valence-electron chi connectivity index (χ2n) is 29.6. The zero-order chi connectivity index (χ0) is 80.4. The average molecular weight is 1530 g/mol. The lowest BCUT2D eigenvalue weighted by molar-refractivity contribution is -0.0177. The summed E-state index contributed by atoms with van der Waals surface area (Å²) < 4.78 is 50.1. The predicted molar refractivity (Wildman–Crippen MR) is 429 cm³/mol. The summed E-state index contributed by atoms with van der Waals surface area (Å²) in [6.45, 7) is 18.6. The molecule has 3 saturated carbocycles. The van der Waals surface area contributed by atoms with Gasteiger partial charge in [-0.05, 0) is 179 Å². The molecule has 600 valence electrons. The van der Waals surface area contributed by atoms with Gasteiger partial charge in [0.25, 0.3) is 17.7 Å². The van der Waals surface area contributed by atoms with Gasteiger partial charge < -0.3 is 67.9 Å². The quantitative estimate of drug-likeness (QED) is 0.0446. The molecule has 111 heavy (non-hydrogen) atoms. The van der Waals surface area contributed by atoms with Crippen LogP contribution in [0.4, 0.5) is 0 Å². The molecule has 3 amide bonds. The summed E-state index contributed by atoms with van der Waals surface area (Å²) in [5.74, 6) is 0.306. The highest BCUT2D eigenvalue weighted by Crippen LogP contribution is 2.43. The Morgan fingerprint density at radius 3 is 1.00 bits per heavy atom. The molecule has 5 aromatic carbocycles. The Bertz CT molecular complexity index is 4360. The Morgan fingerprint density at radius 1 is 0.405 bits per heavy atom. The number of methoxy groups -OCH3 is 3. The van der Waals surface area contributed by atoms with E-state index in [1.165, 1.54) is 59.7 Å². The normalized spacial score (nSPS) is 19.0. The van der Waals surface area contributed by atoms with Crippen molar-refractivity contribution in [1.82, 2.24) is 28.4 Å². The minimum Gasteiger partial charge on any atom is -0.503 e. The lowest BCUT2D eigenvalue weighted by atomic mass is 9.80. The maximum absolute atomic E-state index is 14.0. The zero-order valence-electron chi connectivity index (χ0n) is 67.1. The third-order valence-electron chi connectivity index (χ3n) is 20.8. The van der Waals surface area contributed by atoms with Gasteiger partial charge in [0.1, 0.15) is 54.1 Å². The second kappa shape index (κ2) is 40.3. The second-order valence-corrected chi connectivity index (χ2v) is 29.6. The Kier molecular flexibility index (Phi) is 31.8. The van der Waals surface area contributed by atoms with Crippen LogP contribution in [0.15, 0.2) is 133 Å². The van der Waals surface area contributed by atoms with Gasteiger partial charge in [0.2, 0.25) is 0 Å². The van der Waals surface area contributed by atoms with Crippen LogP contribution in [-0.2, 0) is 27.4 Å². The standard InChI is InChI=1S/C31H38N2O5.C25H28N2O5.C23H30N2O6.C8H16O.CH4/c1-20-11-10-12-21(2)28(20)38-31(35)27-29(37-19-23-13-8-7-9-14-23)22(3)26(30(34)32(4)5)33(27)24-15-17-25(36-6)18-16-24;1-6-31-25(29)22-23(32-16-18-10-8-7-9-11-18)17(2)21(24(28)26(3)4)27(22)19-12-14-20(30-5)15-13-19;1-13-7-6-8-14(2)21(13)31-23(29)18-20(27)19(26)17(22(28)24(3)4)25(18)15-9-11-16(30-5)12-10-15;1-6-4-3-5-7(2)8(6)9;/h7-9,13-18,20-21,28H,10-12,19H2,1-6H3;7-15H,6,16H2,1-5H3;9-14,21,26-27H,6-8H2,1-5H3;6-9H,3-5H2,1-2H3;1H4. The van der Waals surface area contributed by atoms with Crippen molar-refractivity contribution in [3.8, 4) is 57.3 Å². The SMILES string of the molecule is C.CC1CCCC(C)C1O.CCOC(=O)c1c(OCc2ccccc2)c(C)c(C(=O)N(C)C)n1-c1ccc(OC)cc1.COc1ccc(-n2c(C(=O)N(C)C)c(C)c(OCc3ccccc3)c2C(=O)OC2C(C)CCCC2C)cc1.COc1ccc(-n2c(C(=O)OC3C(C)CCCC3C)c(O)c(O)c2C(=O)N(C)C)cc1. The fourth-order valence-electron chi connectivity index (χ4n) is 14.6. The summed E-state index contributed by atoms with van der Waals surface area (Å²) in [5.41, 5.74) is 5.33. The van der Waals surface area contributed by atoms with Crippen molar-refractivity contribution in [2.75, 3.05) is 70.2 Å². The first kappa shape index (κ1) is 87.5. The molecule has 23 heteroatoms. The van der Waals surface area contributed by atoms with Crippen LogP contribution in [0, 0.1) is 49.4 Å². The van der Waals surface area contributed by atoms with Crippen molar-refractivity contribution in [2.45, 2.75) is 159 Å². The lowest BCUT2D eigenvalue weighted by Gasteiger charge is -2.34. The van der Waals surface area contributed by atoms with Gasteiger partial charge in [-0.25, -0.2) is 14.4 Å². The number of esters is 3. The van der Waals surface area contributed by atoms with Gasteiger partial charge in [-0.2, -0.15) is 0 Å². The summed E-state index contributed by atoms with van der Waals surface area (Å²) in [7, 11) is 14.5. The van der Waals surface area contributed by atoms with Crippen LogP contribution < -0.4 is 23.7 Å². The first-order valence-electron chi connectivity index (χ1n) is 37.9. The number of ether oxygens (including phenoxy) is 8. The number of nitrogens with zero attached hydrogens (tertiary/aromatic N) is 6. The molecule has 3 aliphatic carbocycles. The van der Waals surface area contributed by atoms with Crippen molar-refractivity contribution < 1.29 is 82.0 Å². The van der Waals surface area contributed by atoms with E-state index in [1.807, 2.05) is 93.6 Å². The Balaban J connectivity index is 0.000000218. The van der Waals surface area contributed by atoms with E-state index in [0.717, 1.165) is 49.7 Å². The number of hydrogen-bond donors (Lipinski definition) is 3. The Morgan fingerprint density at radius 2 is 0.694 bits per heavy atom. The molecule has 0 aliphatic heterocycles. The van der Waals surface area contributed by atoms with E-state index in [0.29, 0.717) is 80.2 Å². The van der Waals surface area contributed by atoms with Gasteiger partial charge in [-0.15, -0.1) is 0 Å². The monoisotopic (exact) mass is 1530 g/mol. The summed E-state index contributed by atoms with van der Waals surface area (Å²) >= 11 is 0. The highest BCUT2D eigenvalue weighted by molar-refractivity contribution is 6.04. The number of aromatic nitrogens is 3. The molecule has 3 aromatic heterocycles. The molecule has 3 N–H and O–H groups in total. The van der Waals surface area contributed by atoms with Gasteiger partial charge >= 0.3 is 17.9 Å². The number of aliphatic hydroxyl groups is 1. The number of carbonyl (C=O) groups is 6. The Labute approximate surface area is 654 Å². The molecule has 0 saturated heterocycles. The van der Waals surface area contributed by atoms with Crippen LogP contribution in [0.5, 0.6) is 40.2 Å².